The second kappa shape index (κ2) is 5.88. The number of amides is 1. The number of hydrogen-bond acceptors (Lipinski definition) is 3. The monoisotopic (exact) mass is 307 g/mol. The maximum atomic E-state index is 13.2. The molecular weight excluding hydrogens is 293 g/mol. The molecule has 0 bridgehead atoms. The molecule has 1 aromatic carbocycles. The highest BCUT2D eigenvalue weighted by Crippen LogP contribution is 2.23. The van der Waals surface area contributed by atoms with Gasteiger partial charge in [0.15, 0.2) is 0 Å². The fourth-order valence-electron chi connectivity index (χ4n) is 1.55. The molecule has 0 radical (unpaired) electrons. The van der Waals surface area contributed by atoms with Gasteiger partial charge in [-0.25, -0.2) is 12.8 Å². The lowest BCUT2D eigenvalue weighted by atomic mass is 10.1. The molecule has 1 amide bonds. The number of benzene rings is 1. The van der Waals surface area contributed by atoms with E-state index in [9.17, 15) is 17.6 Å². The maximum absolute atomic E-state index is 13.2. The van der Waals surface area contributed by atoms with Crippen LogP contribution in [0.4, 0.5) is 4.39 Å². The molecule has 0 saturated carbocycles. The molecular formula is C12H15ClFNO3S. The number of carbonyl (C=O) groups excluding carboxylic acids is 1. The van der Waals surface area contributed by atoms with Crippen molar-refractivity contribution in [1.29, 1.82) is 0 Å². The highest BCUT2D eigenvalue weighted by molar-refractivity contribution is 8.13. The van der Waals surface area contributed by atoms with Crippen molar-refractivity contribution in [3.63, 3.8) is 0 Å². The Morgan fingerprint density at radius 1 is 1.47 bits per heavy atom. The molecule has 0 aliphatic carbocycles. The number of nitrogens with zero attached hydrogens (tertiary/aromatic N) is 1. The van der Waals surface area contributed by atoms with Gasteiger partial charge >= 0.3 is 0 Å². The zero-order chi connectivity index (χ0) is 14.8. The molecule has 4 nitrogen and oxygen atoms in total. The maximum Gasteiger partial charge on any atom is 0.262 e. The number of halogens is 2. The van der Waals surface area contributed by atoms with Gasteiger partial charge in [-0.15, -0.1) is 0 Å². The third kappa shape index (κ3) is 3.67. The summed E-state index contributed by atoms with van der Waals surface area (Å²) in [5.41, 5.74) is -0.252. The van der Waals surface area contributed by atoms with Gasteiger partial charge in [0.25, 0.3) is 15.0 Å². The van der Waals surface area contributed by atoms with E-state index in [0.717, 1.165) is 18.2 Å². The van der Waals surface area contributed by atoms with Crippen molar-refractivity contribution in [3.05, 3.63) is 29.6 Å². The highest BCUT2D eigenvalue weighted by Gasteiger charge is 2.25. The van der Waals surface area contributed by atoms with Gasteiger partial charge in [0.1, 0.15) is 5.82 Å². The first kappa shape index (κ1) is 15.9. The van der Waals surface area contributed by atoms with Crippen molar-refractivity contribution in [1.82, 2.24) is 4.90 Å². The fraction of sp³-hybridized carbons (Fsp3) is 0.417. The second-order valence-corrected chi connectivity index (χ2v) is 6.79. The summed E-state index contributed by atoms with van der Waals surface area (Å²) in [6, 6.07) is 2.74. The SMILES string of the molecule is CCC(C)N(C)C(=O)c1cc(F)ccc1S(=O)(=O)Cl. The van der Waals surface area contributed by atoms with E-state index in [-0.39, 0.29) is 16.5 Å². The summed E-state index contributed by atoms with van der Waals surface area (Å²) >= 11 is 0. The largest absolute Gasteiger partial charge is 0.339 e. The Kier molecular flexibility index (Phi) is 4.92. The van der Waals surface area contributed by atoms with Crippen molar-refractivity contribution in [2.75, 3.05) is 7.05 Å². The lowest BCUT2D eigenvalue weighted by Gasteiger charge is -2.24. The standard InChI is InChI=1S/C12H15ClFNO3S/c1-4-8(2)15(3)12(16)10-7-9(14)5-6-11(10)19(13,17)18/h5-8H,4H2,1-3H3. The molecule has 0 aromatic heterocycles. The number of rotatable bonds is 4. The van der Waals surface area contributed by atoms with E-state index in [1.54, 1.807) is 0 Å². The van der Waals surface area contributed by atoms with Crippen LogP contribution in [0.25, 0.3) is 0 Å². The third-order valence-electron chi connectivity index (χ3n) is 3.01. The molecule has 1 aromatic rings. The minimum absolute atomic E-state index is 0.0957. The van der Waals surface area contributed by atoms with E-state index in [1.807, 2.05) is 13.8 Å². The Bertz CT molecular complexity index is 589. The van der Waals surface area contributed by atoms with E-state index in [0.29, 0.717) is 6.42 Å². The quantitative estimate of drug-likeness (QED) is 0.804. The summed E-state index contributed by atoms with van der Waals surface area (Å²) < 4.78 is 36.0. The average Bonchev–Trinajstić information content (AvgIpc) is 2.34. The van der Waals surface area contributed by atoms with Crippen molar-refractivity contribution < 1.29 is 17.6 Å². The van der Waals surface area contributed by atoms with E-state index in [2.05, 4.69) is 0 Å². The predicted octanol–water partition coefficient (Wildman–Crippen LogP) is 2.62. The molecule has 0 aliphatic heterocycles. The number of hydrogen-bond donors (Lipinski definition) is 0. The van der Waals surface area contributed by atoms with E-state index in [4.69, 9.17) is 10.7 Å². The summed E-state index contributed by atoms with van der Waals surface area (Å²) in [5.74, 6) is -1.27. The molecule has 0 heterocycles. The van der Waals surface area contributed by atoms with Crippen LogP contribution in [0.15, 0.2) is 23.1 Å². The van der Waals surface area contributed by atoms with Crippen LogP contribution in [-0.2, 0) is 9.05 Å². The van der Waals surface area contributed by atoms with Gasteiger partial charge in [-0.3, -0.25) is 4.79 Å². The van der Waals surface area contributed by atoms with Crippen LogP contribution in [-0.4, -0.2) is 32.3 Å². The molecule has 7 heteroatoms. The van der Waals surface area contributed by atoms with Gasteiger partial charge in [-0.1, -0.05) is 6.92 Å². The molecule has 0 fully saturated rings. The van der Waals surface area contributed by atoms with Crippen LogP contribution in [0.3, 0.4) is 0 Å². The Morgan fingerprint density at radius 2 is 2.05 bits per heavy atom. The van der Waals surface area contributed by atoms with Crippen molar-refractivity contribution in [2.24, 2.45) is 0 Å². The van der Waals surface area contributed by atoms with Crippen LogP contribution in [0.5, 0.6) is 0 Å². The van der Waals surface area contributed by atoms with Gasteiger partial charge in [0.2, 0.25) is 0 Å². The summed E-state index contributed by atoms with van der Waals surface area (Å²) in [6.07, 6.45) is 0.695. The first-order chi connectivity index (χ1) is 8.68. The molecule has 19 heavy (non-hydrogen) atoms. The zero-order valence-corrected chi connectivity index (χ0v) is 12.4. The van der Waals surface area contributed by atoms with Gasteiger partial charge < -0.3 is 4.90 Å². The van der Waals surface area contributed by atoms with Crippen molar-refractivity contribution in [2.45, 2.75) is 31.2 Å². The van der Waals surface area contributed by atoms with Crippen molar-refractivity contribution >= 4 is 25.6 Å². The molecule has 0 aliphatic rings. The van der Waals surface area contributed by atoms with E-state index in [1.165, 1.54) is 11.9 Å². The van der Waals surface area contributed by atoms with Crippen LogP contribution < -0.4 is 0 Å². The molecule has 1 rings (SSSR count). The highest BCUT2D eigenvalue weighted by atomic mass is 35.7. The van der Waals surface area contributed by atoms with Crippen LogP contribution >= 0.6 is 10.7 Å². The molecule has 0 N–H and O–H groups in total. The summed E-state index contributed by atoms with van der Waals surface area (Å²) in [7, 11) is 2.69. The summed E-state index contributed by atoms with van der Waals surface area (Å²) in [6.45, 7) is 3.70. The lowest BCUT2D eigenvalue weighted by molar-refractivity contribution is 0.0736. The Balaban J connectivity index is 3.34. The molecule has 1 unspecified atom stereocenters. The van der Waals surface area contributed by atoms with Crippen LogP contribution in [0, 0.1) is 5.82 Å². The molecule has 0 spiro atoms. The van der Waals surface area contributed by atoms with Gasteiger partial charge in [-0.2, -0.15) is 0 Å². The predicted molar refractivity (Wildman–Crippen MR) is 71.3 cm³/mol. The smallest absolute Gasteiger partial charge is 0.262 e. The normalized spacial score (nSPS) is 13.1. The van der Waals surface area contributed by atoms with Gasteiger partial charge in [0.05, 0.1) is 10.5 Å². The number of carbonyl (C=O) groups is 1. The summed E-state index contributed by atoms with van der Waals surface area (Å²) in [5, 5.41) is 0. The zero-order valence-electron chi connectivity index (χ0n) is 10.9. The summed E-state index contributed by atoms with van der Waals surface area (Å²) in [4.78, 5) is 13.2. The minimum Gasteiger partial charge on any atom is -0.339 e. The van der Waals surface area contributed by atoms with Crippen molar-refractivity contribution in [3.8, 4) is 0 Å². The van der Waals surface area contributed by atoms with Crippen LogP contribution in [0.2, 0.25) is 0 Å². The second-order valence-electron chi connectivity index (χ2n) is 4.25. The topological polar surface area (TPSA) is 54.5 Å². The van der Waals surface area contributed by atoms with Crippen LogP contribution in [0.1, 0.15) is 30.6 Å². The third-order valence-corrected chi connectivity index (χ3v) is 4.39. The van der Waals surface area contributed by atoms with E-state index >= 15 is 0 Å². The van der Waals surface area contributed by atoms with Gasteiger partial charge in [0, 0.05) is 23.8 Å². The Morgan fingerprint density at radius 3 is 2.53 bits per heavy atom. The lowest BCUT2D eigenvalue weighted by Crippen LogP contribution is -2.35. The average molecular weight is 308 g/mol. The molecule has 106 valence electrons. The Labute approximate surface area is 116 Å². The van der Waals surface area contributed by atoms with Gasteiger partial charge in [-0.05, 0) is 31.5 Å². The Hall–Kier alpha value is -1.14. The van der Waals surface area contributed by atoms with E-state index < -0.39 is 20.8 Å². The molecule has 1 atom stereocenters. The fourth-order valence-corrected chi connectivity index (χ4v) is 2.59. The minimum atomic E-state index is -4.10. The molecule has 0 saturated heterocycles. The first-order valence-corrected chi connectivity index (χ1v) is 8.00. The first-order valence-electron chi connectivity index (χ1n) is 5.69.